The zero-order valence-electron chi connectivity index (χ0n) is 10.1. The molecule has 0 amide bonds. The van der Waals surface area contributed by atoms with Gasteiger partial charge in [0.1, 0.15) is 11.4 Å². The Hall–Kier alpha value is -1.76. The molecular formula is C11H14F2N2O3. The Morgan fingerprint density at radius 3 is 2.61 bits per heavy atom. The number of ether oxygens (including phenoxy) is 2. The van der Waals surface area contributed by atoms with Gasteiger partial charge in [0.25, 0.3) is 6.43 Å². The molecule has 0 aliphatic rings. The number of carbonyl (C=O) groups is 1. The smallest absolute Gasteiger partial charge is 0.310 e. The molecule has 0 aliphatic carbocycles. The van der Waals surface area contributed by atoms with E-state index < -0.39 is 18.1 Å². The molecule has 0 unspecified atom stereocenters. The average Bonchev–Trinajstić information content (AvgIpc) is 2.37. The molecular weight excluding hydrogens is 246 g/mol. The van der Waals surface area contributed by atoms with Crippen molar-refractivity contribution in [3.05, 3.63) is 23.0 Å². The maximum absolute atomic E-state index is 12.7. The van der Waals surface area contributed by atoms with E-state index in [4.69, 9.17) is 10.5 Å². The summed E-state index contributed by atoms with van der Waals surface area (Å²) >= 11 is 0. The molecule has 0 atom stereocenters. The minimum absolute atomic E-state index is 0.0456. The van der Waals surface area contributed by atoms with Gasteiger partial charge in [-0.05, 0) is 11.6 Å². The summed E-state index contributed by atoms with van der Waals surface area (Å²) in [5, 5.41) is 0. The van der Waals surface area contributed by atoms with Crippen molar-refractivity contribution >= 4 is 5.97 Å². The van der Waals surface area contributed by atoms with E-state index in [-0.39, 0.29) is 24.4 Å². The van der Waals surface area contributed by atoms with Gasteiger partial charge in [-0.15, -0.1) is 0 Å². The Morgan fingerprint density at radius 2 is 2.17 bits per heavy atom. The maximum atomic E-state index is 12.7. The summed E-state index contributed by atoms with van der Waals surface area (Å²) in [6.07, 6.45) is -2.85. The second-order valence-corrected chi connectivity index (χ2v) is 3.44. The zero-order chi connectivity index (χ0) is 13.7. The van der Waals surface area contributed by atoms with Crippen molar-refractivity contribution in [3.63, 3.8) is 0 Å². The van der Waals surface area contributed by atoms with Crippen molar-refractivity contribution in [1.82, 2.24) is 4.98 Å². The van der Waals surface area contributed by atoms with E-state index in [1.165, 1.54) is 20.3 Å². The molecule has 1 rings (SSSR count). The van der Waals surface area contributed by atoms with E-state index >= 15 is 0 Å². The highest BCUT2D eigenvalue weighted by atomic mass is 19.3. The van der Waals surface area contributed by atoms with Gasteiger partial charge in [0.2, 0.25) is 0 Å². The van der Waals surface area contributed by atoms with Gasteiger partial charge >= 0.3 is 5.97 Å². The van der Waals surface area contributed by atoms with E-state index in [1.807, 2.05) is 0 Å². The monoisotopic (exact) mass is 260 g/mol. The highest BCUT2D eigenvalue weighted by Crippen LogP contribution is 2.29. The molecule has 0 spiro atoms. The lowest BCUT2D eigenvalue weighted by Crippen LogP contribution is -2.13. The highest BCUT2D eigenvalue weighted by molar-refractivity contribution is 5.73. The molecule has 0 aromatic carbocycles. The summed E-state index contributed by atoms with van der Waals surface area (Å²) in [5.74, 6) is -0.570. The number of nitrogens with two attached hydrogens (primary N) is 1. The van der Waals surface area contributed by atoms with Crippen molar-refractivity contribution in [3.8, 4) is 5.75 Å². The first-order chi connectivity index (χ1) is 8.53. The lowest BCUT2D eigenvalue weighted by Gasteiger charge is -2.12. The summed E-state index contributed by atoms with van der Waals surface area (Å²) in [6.45, 7) is -0.0456. The second kappa shape index (κ2) is 6.25. The minimum Gasteiger partial charge on any atom is -0.495 e. The number of nitrogens with zero attached hydrogens (tertiary/aromatic N) is 1. The van der Waals surface area contributed by atoms with Crippen LogP contribution in [0.3, 0.4) is 0 Å². The molecule has 0 saturated carbocycles. The molecule has 0 saturated heterocycles. The zero-order valence-corrected chi connectivity index (χ0v) is 10.1. The Morgan fingerprint density at radius 1 is 1.50 bits per heavy atom. The number of aromatic nitrogens is 1. The van der Waals surface area contributed by atoms with Crippen LogP contribution >= 0.6 is 0 Å². The van der Waals surface area contributed by atoms with Gasteiger partial charge in [-0.3, -0.25) is 4.79 Å². The normalized spacial score (nSPS) is 10.6. The molecule has 5 nitrogen and oxygen atoms in total. The summed E-state index contributed by atoms with van der Waals surface area (Å²) in [4.78, 5) is 14.9. The van der Waals surface area contributed by atoms with Crippen LogP contribution in [0.25, 0.3) is 0 Å². The molecule has 0 radical (unpaired) electrons. The van der Waals surface area contributed by atoms with Crippen LogP contribution in [0.5, 0.6) is 5.75 Å². The van der Waals surface area contributed by atoms with Crippen molar-refractivity contribution < 1.29 is 23.0 Å². The first-order valence-corrected chi connectivity index (χ1v) is 5.15. The topological polar surface area (TPSA) is 74.4 Å². The van der Waals surface area contributed by atoms with Crippen LogP contribution in [-0.4, -0.2) is 25.2 Å². The fourth-order valence-corrected chi connectivity index (χ4v) is 1.47. The van der Waals surface area contributed by atoms with Gasteiger partial charge < -0.3 is 15.2 Å². The lowest BCUT2D eigenvalue weighted by atomic mass is 10.1. The predicted octanol–water partition coefficient (Wildman–Crippen LogP) is 1.20. The Labute approximate surface area is 103 Å². The van der Waals surface area contributed by atoms with Gasteiger partial charge in [-0.25, -0.2) is 13.8 Å². The third kappa shape index (κ3) is 3.13. The second-order valence-electron chi connectivity index (χ2n) is 3.44. The first kappa shape index (κ1) is 14.3. The van der Waals surface area contributed by atoms with Gasteiger partial charge in [0.05, 0.1) is 26.3 Å². The highest BCUT2D eigenvalue weighted by Gasteiger charge is 2.20. The molecule has 7 heteroatoms. The number of rotatable bonds is 5. The average molecular weight is 260 g/mol. The quantitative estimate of drug-likeness (QED) is 0.805. The van der Waals surface area contributed by atoms with Crippen LogP contribution in [0.1, 0.15) is 23.4 Å². The van der Waals surface area contributed by atoms with Crippen molar-refractivity contribution in [2.24, 2.45) is 5.73 Å². The molecule has 2 N–H and O–H groups in total. The standard InChI is InChI=1S/C11H14F2N2O3/c1-17-8-3-6(4-9(16)18-2)7(5-14)15-10(8)11(12)13/h3,11H,4-5,14H2,1-2H3. The van der Waals surface area contributed by atoms with Crippen molar-refractivity contribution in [2.75, 3.05) is 14.2 Å². The Bertz CT molecular complexity index is 439. The number of pyridine rings is 1. The number of halogens is 2. The summed E-state index contributed by atoms with van der Waals surface area (Å²) in [6, 6.07) is 1.34. The van der Waals surface area contributed by atoms with Crippen LogP contribution in [0.2, 0.25) is 0 Å². The van der Waals surface area contributed by atoms with E-state index in [1.54, 1.807) is 0 Å². The van der Waals surface area contributed by atoms with Crippen LogP contribution in [0.15, 0.2) is 6.07 Å². The maximum Gasteiger partial charge on any atom is 0.310 e. The van der Waals surface area contributed by atoms with Crippen LogP contribution < -0.4 is 10.5 Å². The van der Waals surface area contributed by atoms with Crippen molar-refractivity contribution in [1.29, 1.82) is 0 Å². The van der Waals surface area contributed by atoms with Gasteiger partial charge in [0.15, 0.2) is 0 Å². The molecule has 0 aliphatic heterocycles. The van der Waals surface area contributed by atoms with Crippen molar-refractivity contribution in [2.45, 2.75) is 19.4 Å². The fraction of sp³-hybridized carbons (Fsp3) is 0.455. The molecule has 1 aromatic heterocycles. The molecule has 0 fully saturated rings. The van der Waals surface area contributed by atoms with Gasteiger partial charge in [-0.1, -0.05) is 0 Å². The largest absolute Gasteiger partial charge is 0.495 e. The van der Waals surface area contributed by atoms with E-state index in [9.17, 15) is 13.6 Å². The first-order valence-electron chi connectivity index (χ1n) is 5.15. The Balaban J connectivity index is 3.21. The lowest BCUT2D eigenvalue weighted by molar-refractivity contribution is -0.139. The SMILES string of the molecule is COC(=O)Cc1cc(OC)c(C(F)F)nc1CN. The summed E-state index contributed by atoms with van der Waals surface area (Å²) < 4.78 is 34.8. The number of hydrogen-bond donors (Lipinski definition) is 1. The number of esters is 1. The van der Waals surface area contributed by atoms with Gasteiger partial charge in [-0.2, -0.15) is 0 Å². The van der Waals surface area contributed by atoms with E-state index in [0.29, 0.717) is 5.56 Å². The number of alkyl halides is 2. The minimum atomic E-state index is -2.77. The number of hydrogen-bond acceptors (Lipinski definition) is 5. The third-order valence-corrected chi connectivity index (χ3v) is 2.37. The number of carbonyl (C=O) groups excluding carboxylic acids is 1. The predicted molar refractivity (Wildman–Crippen MR) is 59.4 cm³/mol. The molecule has 1 heterocycles. The number of methoxy groups -OCH3 is 2. The van der Waals surface area contributed by atoms with E-state index in [2.05, 4.69) is 9.72 Å². The summed E-state index contributed by atoms with van der Waals surface area (Å²) in [7, 11) is 2.50. The Kier molecular flexibility index (Phi) is 4.96. The summed E-state index contributed by atoms with van der Waals surface area (Å²) in [5.41, 5.74) is 5.60. The van der Waals surface area contributed by atoms with E-state index in [0.717, 1.165) is 0 Å². The third-order valence-electron chi connectivity index (χ3n) is 2.37. The molecule has 100 valence electrons. The molecule has 1 aromatic rings. The molecule has 0 bridgehead atoms. The van der Waals surface area contributed by atoms with Crippen LogP contribution in [0, 0.1) is 0 Å². The molecule has 18 heavy (non-hydrogen) atoms. The van der Waals surface area contributed by atoms with Crippen LogP contribution in [-0.2, 0) is 22.5 Å². The fourth-order valence-electron chi connectivity index (χ4n) is 1.47. The van der Waals surface area contributed by atoms with Gasteiger partial charge in [0, 0.05) is 6.54 Å². The van der Waals surface area contributed by atoms with Crippen LogP contribution in [0.4, 0.5) is 8.78 Å².